The lowest BCUT2D eigenvalue weighted by atomic mass is 10.1. The SMILES string of the molecule is COc1ccc(Nc2nc(-c3ccc4ocnc4c3)cn3ccnc23)cc1OC. The van der Waals surface area contributed by atoms with Gasteiger partial charge in [0.1, 0.15) is 5.52 Å². The summed E-state index contributed by atoms with van der Waals surface area (Å²) in [4.78, 5) is 13.5. The van der Waals surface area contributed by atoms with E-state index in [1.165, 1.54) is 6.39 Å². The van der Waals surface area contributed by atoms with Crippen molar-refractivity contribution in [2.45, 2.75) is 0 Å². The van der Waals surface area contributed by atoms with Crippen LogP contribution in [0.4, 0.5) is 11.5 Å². The van der Waals surface area contributed by atoms with Gasteiger partial charge in [-0.25, -0.2) is 15.0 Å². The summed E-state index contributed by atoms with van der Waals surface area (Å²) in [6.45, 7) is 0. The Kier molecular flexibility index (Phi) is 4.02. The summed E-state index contributed by atoms with van der Waals surface area (Å²) >= 11 is 0. The molecule has 0 atom stereocenters. The lowest BCUT2D eigenvalue weighted by molar-refractivity contribution is 0.355. The topological polar surface area (TPSA) is 86.7 Å². The van der Waals surface area contributed by atoms with E-state index >= 15 is 0 Å². The van der Waals surface area contributed by atoms with Gasteiger partial charge in [-0.05, 0) is 30.3 Å². The van der Waals surface area contributed by atoms with Gasteiger partial charge in [-0.2, -0.15) is 0 Å². The summed E-state index contributed by atoms with van der Waals surface area (Å²) in [5.41, 5.74) is 4.75. The molecule has 0 aliphatic rings. The van der Waals surface area contributed by atoms with Crippen LogP contribution in [0.15, 0.2) is 65.8 Å². The van der Waals surface area contributed by atoms with Gasteiger partial charge in [-0.3, -0.25) is 0 Å². The Morgan fingerprint density at radius 2 is 1.90 bits per heavy atom. The maximum absolute atomic E-state index is 5.39. The van der Waals surface area contributed by atoms with Crippen LogP contribution < -0.4 is 14.8 Å². The number of aromatic nitrogens is 4. The van der Waals surface area contributed by atoms with Crippen LogP contribution in [0.5, 0.6) is 11.5 Å². The molecule has 8 nitrogen and oxygen atoms in total. The first-order valence-electron chi connectivity index (χ1n) is 8.91. The van der Waals surface area contributed by atoms with E-state index < -0.39 is 0 Å². The van der Waals surface area contributed by atoms with Gasteiger partial charge < -0.3 is 23.6 Å². The molecule has 1 N–H and O–H groups in total. The van der Waals surface area contributed by atoms with Crippen molar-refractivity contribution in [1.82, 2.24) is 19.4 Å². The molecule has 2 aromatic carbocycles. The number of nitrogens with zero attached hydrogens (tertiary/aromatic N) is 4. The van der Waals surface area contributed by atoms with Crippen molar-refractivity contribution in [3.63, 3.8) is 0 Å². The van der Waals surface area contributed by atoms with E-state index in [0.717, 1.165) is 28.0 Å². The molecule has 0 radical (unpaired) electrons. The third-order valence-electron chi connectivity index (χ3n) is 4.65. The lowest BCUT2D eigenvalue weighted by Crippen LogP contribution is -2.01. The predicted molar refractivity (Wildman–Crippen MR) is 109 cm³/mol. The zero-order valence-electron chi connectivity index (χ0n) is 15.8. The van der Waals surface area contributed by atoms with Gasteiger partial charge in [-0.1, -0.05) is 0 Å². The molecule has 0 aliphatic carbocycles. The highest BCUT2D eigenvalue weighted by Crippen LogP contribution is 2.32. The maximum atomic E-state index is 5.39. The average molecular weight is 387 g/mol. The fourth-order valence-electron chi connectivity index (χ4n) is 3.22. The number of benzene rings is 2. The zero-order chi connectivity index (χ0) is 19.8. The highest BCUT2D eigenvalue weighted by Gasteiger charge is 2.12. The Balaban J connectivity index is 1.59. The maximum Gasteiger partial charge on any atom is 0.181 e. The van der Waals surface area contributed by atoms with Crippen LogP contribution in [-0.4, -0.2) is 33.6 Å². The van der Waals surface area contributed by atoms with Crippen molar-refractivity contribution in [2.24, 2.45) is 0 Å². The quantitative estimate of drug-likeness (QED) is 0.481. The minimum atomic E-state index is 0.625. The molecular weight excluding hydrogens is 370 g/mol. The number of anilines is 2. The number of nitrogens with one attached hydrogen (secondary N) is 1. The van der Waals surface area contributed by atoms with Crippen molar-refractivity contribution in [3.8, 4) is 22.8 Å². The van der Waals surface area contributed by atoms with Crippen molar-refractivity contribution in [3.05, 3.63) is 61.4 Å². The second-order valence-corrected chi connectivity index (χ2v) is 6.36. The van der Waals surface area contributed by atoms with Gasteiger partial charge in [0.05, 0.1) is 19.9 Å². The van der Waals surface area contributed by atoms with Crippen LogP contribution in [0, 0.1) is 0 Å². The molecule has 0 unspecified atom stereocenters. The van der Waals surface area contributed by atoms with Gasteiger partial charge in [-0.15, -0.1) is 0 Å². The van der Waals surface area contributed by atoms with E-state index in [1.807, 2.05) is 53.2 Å². The summed E-state index contributed by atoms with van der Waals surface area (Å²) < 4.78 is 18.0. The molecule has 3 heterocycles. The zero-order valence-corrected chi connectivity index (χ0v) is 15.8. The van der Waals surface area contributed by atoms with Crippen molar-refractivity contribution in [2.75, 3.05) is 19.5 Å². The van der Waals surface area contributed by atoms with Crippen LogP contribution in [0.3, 0.4) is 0 Å². The molecule has 0 amide bonds. The number of rotatable bonds is 5. The fourth-order valence-corrected chi connectivity index (χ4v) is 3.22. The summed E-state index contributed by atoms with van der Waals surface area (Å²) in [6.07, 6.45) is 6.99. The summed E-state index contributed by atoms with van der Waals surface area (Å²) in [5.74, 6) is 1.91. The molecule has 5 rings (SSSR count). The Bertz CT molecular complexity index is 1320. The minimum absolute atomic E-state index is 0.625. The van der Waals surface area contributed by atoms with E-state index in [2.05, 4.69) is 15.3 Å². The number of hydrogen-bond donors (Lipinski definition) is 1. The van der Waals surface area contributed by atoms with Crippen LogP contribution in [-0.2, 0) is 0 Å². The number of methoxy groups -OCH3 is 2. The Labute approximate surface area is 165 Å². The first kappa shape index (κ1) is 17.1. The largest absolute Gasteiger partial charge is 0.493 e. The van der Waals surface area contributed by atoms with E-state index in [-0.39, 0.29) is 0 Å². The summed E-state index contributed by atoms with van der Waals surface area (Å²) in [5, 5.41) is 3.34. The smallest absolute Gasteiger partial charge is 0.181 e. The van der Waals surface area contributed by atoms with Crippen LogP contribution in [0.25, 0.3) is 28.0 Å². The molecule has 0 spiro atoms. The molecule has 8 heteroatoms. The van der Waals surface area contributed by atoms with Crippen LogP contribution in [0.1, 0.15) is 0 Å². The molecule has 3 aromatic heterocycles. The number of hydrogen-bond acceptors (Lipinski definition) is 7. The molecule has 0 saturated heterocycles. The second kappa shape index (κ2) is 6.83. The first-order valence-corrected chi connectivity index (χ1v) is 8.91. The highest BCUT2D eigenvalue weighted by molar-refractivity contribution is 5.80. The van der Waals surface area contributed by atoms with Gasteiger partial charge in [0.15, 0.2) is 34.9 Å². The standard InChI is InChI=1S/C21H17N5O3/c1-27-18-6-4-14(10-19(18)28-2)24-20-21-22-7-8-26(21)11-16(25-20)13-3-5-17-15(9-13)23-12-29-17/h3-12H,1-2H3,(H,24,25). The van der Waals surface area contributed by atoms with Crippen molar-refractivity contribution >= 4 is 28.3 Å². The second-order valence-electron chi connectivity index (χ2n) is 6.36. The predicted octanol–water partition coefficient (Wildman–Crippen LogP) is 4.30. The van der Waals surface area contributed by atoms with Crippen LogP contribution in [0.2, 0.25) is 0 Å². The molecular formula is C21H17N5O3. The summed E-state index contributed by atoms with van der Waals surface area (Å²) in [7, 11) is 3.21. The molecule has 0 saturated carbocycles. The van der Waals surface area contributed by atoms with Gasteiger partial charge in [0.25, 0.3) is 0 Å². The average Bonchev–Trinajstić information content (AvgIpc) is 3.42. The van der Waals surface area contributed by atoms with Gasteiger partial charge in [0, 0.05) is 35.9 Å². The number of fused-ring (bicyclic) bond motifs is 2. The van der Waals surface area contributed by atoms with Gasteiger partial charge in [0.2, 0.25) is 0 Å². The third kappa shape index (κ3) is 3.00. The molecule has 29 heavy (non-hydrogen) atoms. The third-order valence-corrected chi connectivity index (χ3v) is 4.65. The van der Waals surface area contributed by atoms with E-state index in [0.29, 0.717) is 23.0 Å². The van der Waals surface area contributed by atoms with Gasteiger partial charge >= 0.3 is 0 Å². The van der Waals surface area contributed by atoms with E-state index in [9.17, 15) is 0 Å². The Morgan fingerprint density at radius 1 is 1.00 bits per heavy atom. The number of imidazole rings is 1. The van der Waals surface area contributed by atoms with Crippen LogP contribution >= 0.6 is 0 Å². The van der Waals surface area contributed by atoms with E-state index in [1.54, 1.807) is 20.4 Å². The molecule has 144 valence electrons. The molecule has 0 bridgehead atoms. The lowest BCUT2D eigenvalue weighted by Gasteiger charge is -2.12. The molecule has 0 fully saturated rings. The Hall–Kier alpha value is -4.07. The van der Waals surface area contributed by atoms with Crippen molar-refractivity contribution in [1.29, 1.82) is 0 Å². The Morgan fingerprint density at radius 3 is 2.76 bits per heavy atom. The highest BCUT2D eigenvalue weighted by atomic mass is 16.5. The van der Waals surface area contributed by atoms with E-state index in [4.69, 9.17) is 18.9 Å². The monoisotopic (exact) mass is 387 g/mol. The van der Waals surface area contributed by atoms with Crippen molar-refractivity contribution < 1.29 is 13.9 Å². The first-order chi connectivity index (χ1) is 14.2. The number of ether oxygens (including phenoxy) is 2. The summed E-state index contributed by atoms with van der Waals surface area (Å²) in [6, 6.07) is 11.4. The normalized spacial score (nSPS) is 11.1. The number of oxazole rings is 1. The molecule has 0 aliphatic heterocycles. The minimum Gasteiger partial charge on any atom is -0.493 e. The fraction of sp³-hybridized carbons (Fsp3) is 0.0952. The molecule has 5 aromatic rings.